The molecule has 2 rings (SSSR count). The molecule has 0 radical (unpaired) electrons. The fourth-order valence-electron chi connectivity index (χ4n) is 1.79. The molecule has 0 atom stereocenters. The van der Waals surface area contributed by atoms with E-state index in [1.54, 1.807) is 19.1 Å². The highest BCUT2D eigenvalue weighted by molar-refractivity contribution is 5.97. The maximum atomic E-state index is 12.0. The van der Waals surface area contributed by atoms with Crippen LogP contribution in [0.4, 0.5) is 0 Å². The standard InChI is InChI=1S/C14H16O3/c1-2-13(16)17-14(8-9-14)10-12(15)11-6-4-3-5-7-11/h3-7H,2,8-10H2,1H3. The van der Waals surface area contributed by atoms with Gasteiger partial charge in [0.25, 0.3) is 0 Å². The van der Waals surface area contributed by atoms with E-state index in [0.29, 0.717) is 18.4 Å². The molecule has 0 heterocycles. The summed E-state index contributed by atoms with van der Waals surface area (Å²) in [6.07, 6.45) is 2.28. The minimum atomic E-state index is -0.500. The second-order valence-electron chi connectivity index (χ2n) is 4.48. The minimum Gasteiger partial charge on any atom is -0.459 e. The van der Waals surface area contributed by atoms with Gasteiger partial charge in [0.1, 0.15) is 5.60 Å². The van der Waals surface area contributed by atoms with Gasteiger partial charge in [0.05, 0.1) is 6.42 Å². The molecule has 90 valence electrons. The van der Waals surface area contributed by atoms with Crippen molar-refractivity contribution in [2.75, 3.05) is 0 Å². The molecule has 1 aliphatic rings. The third kappa shape index (κ3) is 2.93. The number of benzene rings is 1. The van der Waals surface area contributed by atoms with Crippen LogP contribution in [0.15, 0.2) is 30.3 Å². The summed E-state index contributed by atoms with van der Waals surface area (Å²) in [5.74, 6) is -0.171. The van der Waals surface area contributed by atoms with Gasteiger partial charge in [-0.3, -0.25) is 9.59 Å². The van der Waals surface area contributed by atoms with Crippen LogP contribution in [0.3, 0.4) is 0 Å². The van der Waals surface area contributed by atoms with E-state index >= 15 is 0 Å². The van der Waals surface area contributed by atoms with Gasteiger partial charge in [-0.15, -0.1) is 0 Å². The second kappa shape index (κ2) is 4.70. The van der Waals surface area contributed by atoms with Crippen LogP contribution < -0.4 is 0 Å². The largest absolute Gasteiger partial charge is 0.459 e. The molecule has 0 spiro atoms. The summed E-state index contributed by atoms with van der Waals surface area (Å²) in [5, 5.41) is 0. The molecule has 1 aliphatic carbocycles. The van der Waals surface area contributed by atoms with Crippen molar-refractivity contribution < 1.29 is 14.3 Å². The lowest BCUT2D eigenvalue weighted by molar-refractivity contribution is -0.150. The zero-order valence-electron chi connectivity index (χ0n) is 9.94. The molecule has 1 fully saturated rings. The maximum Gasteiger partial charge on any atom is 0.306 e. The lowest BCUT2D eigenvalue weighted by Crippen LogP contribution is -2.22. The minimum absolute atomic E-state index is 0.0482. The summed E-state index contributed by atoms with van der Waals surface area (Å²) in [5.41, 5.74) is 0.186. The summed E-state index contributed by atoms with van der Waals surface area (Å²) < 4.78 is 5.33. The van der Waals surface area contributed by atoms with E-state index in [0.717, 1.165) is 12.8 Å². The first-order valence-electron chi connectivity index (χ1n) is 5.95. The molecule has 0 saturated heterocycles. The molecule has 0 aromatic heterocycles. The third-order valence-electron chi connectivity index (χ3n) is 3.01. The predicted molar refractivity (Wildman–Crippen MR) is 63.7 cm³/mol. The Hall–Kier alpha value is -1.64. The Labute approximate surface area is 101 Å². The number of ether oxygens (including phenoxy) is 1. The molecule has 1 saturated carbocycles. The molecule has 1 aromatic rings. The molecule has 0 amide bonds. The van der Waals surface area contributed by atoms with E-state index < -0.39 is 5.60 Å². The summed E-state index contributed by atoms with van der Waals surface area (Å²) in [7, 11) is 0. The first-order valence-corrected chi connectivity index (χ1v) is 5.95. The third-order valence-corrected chi connectivity index (χ3v) is 3.01. The van der Waals surface area contributed by atoms with E-state index in [1.807, 2.05) is 18.2 Å². The second-order valence-corrected chi connectivity index (χ2v) is 4.48. The average molecular weight is 232 g/mol. The summed E-state index contributed by atoms with van der Waals surface area (Å²) in [4.78, 5) is 23.2. The lowest BCUT2D eigenvalue weighted by Gasteiger charge is -2.15. The fraction of sp³-hybridized carbons (Fsp3) is 0.429. The Bertz CT molecular complexity index is 418. The van der Waals surface area contributed by atoms with Crippen LogP contribution in [0.1, 0.15) is 43.0 Å². The van der Waals surface area contributed by atoms with Crippen LogP contribution in [0, 0.1) is 0 Å². The molecule has 3 heteroatoms. The van der Waals surface area contributed by atoms with Gasteiger partial charge in [0.2, 0.25) is 0 Å². The molecule has 17 heavy (non-hydrogen) atoms. The quantitative estimate of drug-likeness (QED) is 0.579. The molecule has 0 N–H and O–H groups in total. The fourth-order valence-corrected chi connectivity index (χ4v) is 1.79. The molecule has 0 unspecified atom stereocenters. The Morgan fingerprint density at radius 1 is 1.24 bits per heavy atom. The molecular formula is C14H16O3. The van der Waals surface area contributed by atoms with Gasteiger partial charge in [-0.05, 0) is 12.8 Å². The van der Waals surface area contributed by atoms with Gasteiger partial charge in [-0.25, -0.2) is 0 Å². The highest BCUT2D eigenvalue weighted by atomic mass is 16.6. The molecule has 3 nitrogen and oxygen atoms in total. The number of hydrogen-bond acceptors (Lipinski definition) is 3. The highest BCUT2D eigenvalue weighted by Crippen LogP contribution is 2.43. The van der Waals surface area contributed by atoms with Crippen LogP contribution in [0.25, 0.3) is 0 Å². The summed E-state index contributed by atoms with van der Waals surface area (Å²) >= 11 is 0. The summed E-state index contributed by atoms with van der Waals surface area (Å²) in [6.45, 7) is 1.76. The van der Waals surface area contributed by atoms with Gasteiger partial charge < -0.3 is 4.74 Å². The van der Waals surface area contributed by atoms with Gasteiger partial charge in [0.15, 0.2) is 5.78 Å². The highest BCUT2D eigenvalue weighted by Gasteiger charge is 2.48. The number of carbonyl (C=O) groups excluding carboxylic acids is 2. The Morgan fingerprint density at radius 2 is 1.88 bits per heavy atom. The van der Waals surface area contributed by atoms with Crippen molar-refractivity contribution in [1.82, 2.24) is 0 Å². The Balaban J connectivity index is 1.97. The molecule has 0 aliphatic heterocycles. The van der Waals surface area contributed by atoms with Crippen LogP contribution in [0.2, 0.25) is 0 Å². The molecular weight excluding hydrogens is 216 g/mol. The van der Waals surface area contributed by atoms with Crippen molar-refractivity contribution >= 4 is 11.8 Å². The topological polar surface area (TPSA) is 43.4 Å². The van der Waals surface area contributed by atoms with Crippen LogP contribution >= 0.6 is 0 Å². The Morgan fingerprint density at radius 3 is 2.41 bits per heavy atom. The van der Waals surface area contributed by atoms with E-state index in [9.17, 15) is 9.59 Å². The van der Waals surface area contributed by atoms with Gasteiger partial charge in [-0.1, -0.05) is 37.3 Å². The van der Waals surface area contributed by atoms with Crippen molar-refractivity contribution in [3.05, 3.63) is 35.9 Å². The number of Topliss-reactive ketones (excluding diaryl/α,β-unsaturated/α-hetero) is 1. The molecule has 1 aromatic carbocycles. The SMILES string of the molecule is CCC(=O)OC1(CC(=O)c2ccccc2)CC1. The molecule has 0 bridgehead atoms. The van der Waals surface area contributed by atoms with Gasteiger partial charge in [0, 0.05) is 12.0 Å². The number of carbonyl (C=O) groups is 2. The first kappa shape index (κ1) is 11.8. The van der Waals surface area contributed by atoms with E-state index in [2.05, 4.69) is 0 Å². The van der Waals surface area contributed by atoms with Crippen molar-refractivity contribution in [2.45, 2.75) is 38.2 Å². The van der Waals surface area contributed by atoms with Crippen molar-refractivity contribution in [3.63, 3.8) is 0 Å². The average Bonchev–Trinajstić information content (AvgIpc) is 3.09. The number of hydrogen-bond donors (Lipinski definition) is 0. The van der Waals surface area contributed by atoms with E-state index in [1.165, 1.54) is 0 Å². The van der Waals surface area contributed by atoms with Crippen molar-refractivity contribution in [2.24, 2.45) is 0 Å². The number of esters is 1. The smallest absolute Gasteiger partial charge is 0.306 e. The zero-order chi connectivity index (χ0) is 12.3. The number of ketones is 1. The predicted octanol–water partition coefficient (Wildman–Crippen LogP) is 2.75. The monoisotopic (exact) mass is 232 g/mol. The maximum absolute atomic E-state index is 12.0. The number of rotatable bonds is 5. The Kier molecular flexibility index (Phi) is 3.27. The van der Waals surface area contributed by atoms with Crippen LogP contribution in [-0.2, 0) is 9.53 Å². The summed E-state index contributed by atoms with van der Waals surface area (Å²) in [6, 6.07) is 9.14. The van der Waals surface area contributed by atoms with Gasteiger partial charge >= 0.3 is 5.97 Å². The van der Waals surface area contributed by atoms with Gasteiger partial charge in [-0.2, -0.15) is 0 Å². The normalized spacial score (nSPS) is 16.3. The van der Waals surface area contributed by atoms with E-state index in [4.69, 9.17) is 4.74 Å². The zero-order valence-corrected chi connectivity index (χ0v) is 9.94. The van der Waals surface area contributed by atoms with Crippen molar-refractivity contribution in [3.8, 4) is 0 Å². The van der Waals surface area contributed by atoms with Crippen LogP contribution in [0.5, 0.6) is 0 Å². The van der Waals surface area contributed by atoms with Crippen molar-refractivity contribution in [1.29, 1.82) is 0 Å². The van der Waals surface area contributed by atoms with E-state index in [-0.39, 0.29) is 11.8 Å². The van der Waals surface area contributed by atoms with Crippen LogP contribution in [-0.4, -0.2) is 17.4 Å². The lowest BCUT2D eigenvalue weighted by atomic mass is 10.0. The first-order chi connectivity index (χ1) is 8.15.